The Hall–Kier alpha value is 0.390. The quantitative estimate of drug-likeness (QED) is 0.732. The molecule has 2 aliphatic rings. The van der Waals surface area contributed by atoms with Gasteiger partial charge < -0.3 is 0 Å². The van der Waals surface area contributed by atoms with Gasteiger partial charge in [-0.15, -0.1) is 0 Å². The van der Waals surface area contributed by atoms with E-state index in [-0.39, 0.29) is 4.66 Å². The number of sulfonamides is 1. The van der Waals surface area contributed by atoms with Gasteiger partial charge in [-0.3, -0.25) is 0 Å². The number of fused-ring (bicyclic) bond motifs is 1. The average molecular weight is 296 g/mol. The second kappa shape index (κ2) is 4.72. The van der Waals surface area contributed by atoms with Crippen LogP contribution in [0.2, 0.25) is 0 Å². The molecule has 5 heteroatoms. The van der Waals surface area contributed by atoms with Gasteiger partial charge in [0.25, 0.3) is 0 Å². The van der Waals surface area contributed by atoms with Crippen LogP contribution in [0, 0.1) is 11.8 Å². The van der Waals surface area contributed by atoms with Gasteiger partial charge in [-0.2, -0.15) is 0 Å². The van der Waals surface area contributed by atoms with Crippen molar-refractivity contribution in [2.45, 2.75) is 32.1 Å². The van der Waals surface area contributed by atoms with E-state index in [2.05, 4.69) is 15.9 Å². The lowest BCUT2D eigenvalue weighted by Gasteiger charge is -2.40. The third kappa shape index (κ3) is 2.56. The van der Waals surface area contributed by atoms with Crippen LogP contribution in [-0.2, 0) is 10.0 Å². The van der Waals surface area contributed by atoms with Crippen molar-refractivity contribution in [3.05, 3.63) is 0 Å². The van der Waals surface area contributed by atoms with Crippen molar-refractivity contribution < 1.29 is 8.42 Å². The van der Waals surface area contributed by atoms with E-state index in [4.69, 9.17) is 0 Å². The lowest BCUT2D eigenvalue weighted by atomic mass is 9.76. The van der Waals surface area contributed by atoms with Gasteiger partial charge in [0.15, 0.2) is 0 Å². The van der Waals surface area contributed by atoms with Crippen LogP contribution in [0.15, 0.2) is 0 Å². The molecule has 0 N–H and O–H groups in total. The van der Waals surface area contributed by atoms with Gasteiger partial charge in [-0.1, -0.05) is 35.2 Å². The Morgan fingerprint density at radius 3 is 2.47 bits per heavy atom. The number of piperidine rings is 1. The molecule has 1 heterocycles. The summed E-state index contributed by atoms with van der Waals surface area (Å²) in [6.07, 6.45) is 6.22. The summed E-state index contributed by atoms with van der Waals surface area (Å²) in [6.45, 7) is 1.49. The van der Waals surface area contributed by atoms with Gasteiger partial charge in [0.2, 0.25) is 10.0 Å². The van der Waals surface area contributed by atoms with E-state index >= 15 is 0 Å². The second-order valence-corrected chi connectivity index (χ2v) is 7.94. The summed E-state index contributed by atoms with van der Waals surface area (Å²) >= 11 is 3.06. The maximum atomic E-state index is 11.7. The SMILES string of the molecule is O=S(=O)(CBr)N1CCC2CCCCC2C1. The number of alkyl halides is 1. The van der Waals surface area contributed by atoms with Crippen LogP contribution in [0.4, 0.5) is 0 Å². The third-order valence-electron chi connectivity index (χ3n) is 3.79. The first-order chi connectivity index (χ1) is 7.13. The summed E-state index contributed by atoms with van der Waals surface area (Å²) in [5.41, 5.74) is 0. The molecule has 2 fully saturated rings. The van der Waals surface area contributed by atoms with E-state index in [0.29, 0.717) is 5.92 Å². The molecule has 1 saturated heterocycles. The minimum Gasteiger partial charge on any atom is -0.211 e. The molecule has 0 radical (unpaired) electrons. The summed E-state index contributed by atoms with van der Waals surface area (Å²) in [6, 6.07) is 0. The minimum absolute atomic E-state index is 0.0669. The first-order valence-electron chi connectivity index (χ1n) is 5.67. The van der Waals surface area contributed by atoms with E-state index in [9.17, 15) is 8.42 Å². The Balaban J connectivity index is 2.02. The van der Waals surface area contributed by atoms with Gasteiger partial charge >= 0.3 is 0 Å². The van der Waals surface area contributed by atoms with Crippen LogP contribution in [0.3, 0.4) is 0 Å². The lowest BCUT2D eigenvalue weighted by Crippen LogP contribution is -2.44. The second-order valence-electron chi connectivity index (χ2n) is 4.67. The van der Waals surface area contributed by atoms with Crippen molar-refractivity contribution in [1.29, 1.82) is 0 Å². The Kier molecular flexibility index (Phi) is 3.73. The molecule has 88 valence electrons. The molecular formula is C10H18BrNO2S. The molecular weight excluding hydrogens is 278 g/mol. The summed E-state index contributed by atoms with van der Waals surface area (Å²) in [4.78, 5) is 0. The minimum atomic E-state index is -3.02. The van der Waals surface area contributed by atoms with Crippen molar-refractivity contribution >= 4 is 26.0 Å². The van der Waals surface area contributed by atoms with Crippen LogP contribution in [0.5, 0.6) is 0 Å². The fourth-order valence-corrected chi connectivity index (χ4v) is 4.70. The van der Waals surface area contributed by atoms with E-state index in [0.717, 1.165) is 25.4 Å². The number of hydrogen-bond donors (Lipinski definition) is 0. The average Bonchev–Trinajstić information content (AvgIpc) is 2.28. The molecule has 1 aliphatic carbocycles. The zero-order valence-corrected chi connectivity index (χ0v) is 11.3. The zero-order chi connectivity index (χ0) is 10.9. The Bertz CT molecular complexity index is 317. The van der Waals surface area contributed by atoms with Gasteiger partial charge in [0.1, 0.15) is 4.66 Å². The van der Waals surface area contributed by atoms with Gasteiger partial charge in [-0.25, -0.2) is 12.7 Å². The normalized spacial score (nSPS) is 33.7. The number of halogens is 1. The molecule has 0 bridgehead atoms. The monoisotopic (exact) mass is 295 g/mol. The maximum Gasteiger partial charge on any atom is 0.224 e. The molecule has 0 aromatic carbocycles. The first kappa shape index (κ1) is 11.9. The molecule has 1 aliphatic heterocycles. The van der Waals surface area contributed by atoms with E-state index in [1.54, 1.807) is 4.31 Å². The molecule has 0 aromatic heterocycles. The summed E-state index contributed by atoms with van der Waals surface area (Å²) in [5.74, 6) is 1.42. The largest absolute Gasteiger partial charge is 0.224 e. The maximum absolute atomic E-state index is 11.7. The van der Waals surface area contributed by atoms with Crippen molar-refractivity contribution in [1.82, 2.24) is 4.31 Å². The fraction of sp³-hybridized carbons (Fsp3) is 1.00. The number of rotatable bonds is 2. The highest BCUT2D eigenvalue weighted by Crippen LogP contribution is 2.36. The fourth-order valence-electron chi connectivity index (χ4n) is 2.89. The highest BCUT2D eigenvalue weighted by Gasteiger charge is 2.35. The van der Waals surface area contributed by atoms with Gasteiger partial charge in [0.05, 0.1) is 0 Å². The van der Waals surface area contributed by atoms with Crippen LogP contribution >= 0.6 is 15.9 Å². The summed E-state index contributed by atoms with van der Waals surface area (Å²) in [7, 11) is -3.02. The summed E-state index contributed by atoms with van der Waals surface area (Å²) in [5, 5.41) is 0. The molecule has 15 heavy (non-hydrogen) atoms. The van der Waals surface area contributed by atoms with Crippen LogP contribution in [0.1, 0.15) is 32.1 Å². The molecule has 1 saturated carbocycles. The predicted octanol–water partition coefficient (Wildman–Crippen LogP) is 2.18. The van der Waals surface area contributed by atoms with Gasteiger partial charge in [0, 0.05) is 13.1 Å². The lowest BCUT2D eigenvalue weighted by molar-refractivity contribution is 0.137. The number of nitrogens with zero attached hydrogens (tertiary/aromatic N) is 1. The highest BCUT2D eigenvalue weighted by molar-refractivity contribution is 9.10. The number of hydrogen-bond acceptors (Lipinski definition) is 2. The Labute approximate surface area is 100 Å². The molecule has 0 aromatic rings. The highest BCUT2D eigenvalue weighted by atomic mass is 79.9. The van der Waals surface area contributed by atoms with Crippen LogP contribution in [-0.4, -0.2) is 30.5 Å². The van der Waals surface area contributed by atoms with Gasteiger partial charge in [-0.05, 0) is 24.7 Å². The van der Waals surface area contributed by atoms with Crippen molar-refractivity contribution in [3.63, 3.8) is 0 Å². The standard InChI is InChI=1S/C10H18BrNO2S/c11-8-15(13,14)12-6-5-9-3-1-2-4-10(9)7-12/h9-10H,1-8H2. The topological polar surface area (TPSA) is 37.4 Å². The molecule has 3 nitrogen and oxygen atoms in total. The van der Waals surface area contributed by atoms with Crippen LogP contribution in [0.25, 0.3) is 0 Å². The molecule has 0 amide bonds. The summed E-state index contributed by atoms with van der Waals surface area (Å²) < 4.78 is 25.2. The Morgan fingerprint density at radius 1 is 1.13 bits per heavy atom. The first-order valence-corrected chi connectivity index (χ1v) is 8.40. The molecule has 2 unspecified atom stereocenters. The predicted molar refractivity (Wildman–Crippen MR) is 64.4 cm³/mol. The van der Waals surface area contributed by atoms with E-state index in [1.165, 1.54) is 25.7 Å². The molecule has 0 spiro atoms. The molecule has 2 rings (SSSR count). The van der Waals surface area contributed by atoms with E-state index in [1.807, 2.05) is 0 Å². The van der Waals surface area contributed by atoms with Crippen molar-refractivity contribution in [2.24, 2.45) is 11.8 Å². The third-order valence-corrected chi connectivity index (χ3v) is 6.92. The van der Waals surface area contributed by atoms with Crippen LogP contribution < -0.4 is 0 Å². The van der Waals surface area contributed by atoms with Crippen molar-refractivity contribution in [3.8, 4) is 0 Å². The zero-order valence-electron chi connectivity index (χ0n) is 8.86. The van der Waals surface area contributed by atoms with E-state index < -0.39 is 10.0 Å². The molecule has 2 atom stereocenters. The smallest absolute Gasteiger partial charge is 0.211 e. The van der Waals surface area contributed by atoms with Crippen molar-refractivity contribution in [2.75, 3.05) is 17.8 Å². The Morgan fingerprint density at radius 2 is 1.80 bits per heavy atom.